The third-order valence-electron chi connectivity index (χ3n) is 5.03. The molecule has 3 aromatic carbocycles. The molecule has 10 heteroatoms. The van der Waals surface area contributed by atoms with E-state index in [1.807, 2.05) is 42.5 Å². The number of amides is 1. The largest absolute Gasteiger partial charge is 0.467 e. The Bertz CT molecular complexity index is 1340. The summed E-state index contributed by atoms with van der Waals surface area (Å²) in [4.78, 5) is 12.3. The number of alkyl halides is 3. The maximum absolute atomic E-state index is 13.2. The number of halogens is 5. The fraction of sp³-hybridized carbons (Fsp3) is 0.120. The summed E-state index contributed by atoms with van der Waals surface area (Å²) in [5.41, 5.74) is 1.69. The van der Waals surface area contributed by atoms with Crippen LogP contribution in [0.15, 0.2) is 78.9 Å². The zero-order valence-electron chi connectivity index (χ0n) is 18.0. The van der Waals surface area contributed by atoms with Crippen LogP contribution in [0.2, 0.25) is 10.0 Å². The molecule has 0 atom stereocenters. The molecule has 35 heavy (non-hydrogen) atoms. The molecule has 5 nitrogen and oxygen atoms in total. The van der Waals surface area contributed by atoms with Crippen LogP contribution >= 0.6 is 23.2 Å². The van der Waals surface area contributed by atoms with E-state index in [-0.39, 0.29) is 23.1 Å². The first-order chi connectivity index (χ1) is 16.7. The Labute approximate surface area is 209 Å². The molecule has 0 unspecified atom stereocenters. The van der Waals surface area contributed by atoms with Crippen molar-refractivity contribution < 1.29 is 22.7 Å². The molecule has 4 aromatic rings. The first-order valence-corrected chi connectivity index (χ1v) is 11.1. The van der Waals surface area contributed by atoms with Crippen LogP contribution in [-0.2, 0) is 17.5 Å². The van der Waals surface area contributed by atoms with E-state index < -0.39 is 24.4 Å². The van der Waals surface area contributed by atoms with E-state index in [0.717, 1.165) is 27.4 Å². The van der Waals surface area contributed by atoms with Crippen molar-refractivity contribution in [2.24, 2.45) is 0 Å². The van der Waals surface area contributed by atoms with Crippen LogP contribution in [-0.4, -0.2) is 22.3 Å². The molecule has 0 aliphatic carbocycles. The Kier molecular flexibility index (Phi) is 7.33. The summed E-state index contributed by atoms with van der Waals surface area (Å²) in [5, 5.41) is 7.06. The first kappa shape index (κ1) is 24.6. The van der Waals surface area contributed by atoms with E-state index in [1.165, 1.54) is 12.1 Å². The summed E-state index contributed by atoms with van der Waals surface area (Å²) in [6.07, 6.45) is -4.69. The Morgan fingerprint density at radius 2 is 1.60 bits per heavy atom. The van der Waals surface area contributed by atoms with Gasteiger partial charge in [-0.1, -0.05) is 77.8 Å². The highest BCUT2D eigenvalue weighted by Crippen LogP contribution is 2.33. The lowest BCUT2D eigenvalue weighted by Crippen LogP contribution is -2.28. The summed E-state index contributed by atoms with van der Waals surface area (Å²) < 4.78 is 45.9. The van der Waals surface area contributed by atoms with E-state index in [9.17, 15) is 18.0 Å². The molecule has 1 amide bonds. The predicted octanol–water partition coefficient (Wildman–Crippen LogP) is 6.56. The van der Waals surface area contributed by atoms with Crippen molar-refractivity contribution in [3.63, 3.8) is 0 Å². The van der Waals surface area contributed by atoms with Gasteiger partial charge in [0.25, 0.3) is 5.91 Å². The number of benzene rings is 3. The summed E-state index contributed by atoms with van der Waals surface area (Å²) >= 11 is 12.3. The van der Waals surface area contributed by atoms with E-state index in [4.69, 9.17) is 27.9 Å². The molecule has 0 fully saturated rings. The number of ether oxygens (including phenoxy) is 1. The molecule has 0 aliphatic heterocycles. The lowest BCUT2D eigenvalue weighted by atomic mass is 10.0. The standard InChI is InChI=1S/C25H18Cl2F3N3O2/c26-19-6-2-1-5-18(19)17-11-9-16(10-12-17)14-31-23(34)15-35-24-13-22(25(28,29)30)32-33(24)21-8-4-3-7-20(21)27/h1-13H,14-15H2,(H,31,34). The fourth-order valence-corrected chi connectivity index (χ4v) is 3.75. The van der Waals surface area contributed by atoms with Crippen molar-refractivity contribution in [2.75, 3.05) is 6.61 Å². The average Bonchev–Trinajstić information content (AvgIpc) is 3.27. The smallest absolute Gasteiger partial charge is 0.435 e. The zero-order chi connectivity index (χ0) is 25.0. The highest BCUT2D eigenvalue weighted by molar-refractivity contribution is 6.33. The van der Waals surface area contributed by atoms with Gasteiger partial charge >= 0.3 is 6.18 Å². The third-order valence-corrected chi connectivity index (χ3v) is 5.68. The molecular weight excluding hydrogens is 502 g/mol. The van der Waals surface area contributed by atoms with Gasteiger partial charge in [0.1, 0.15) is 0 Å². The van der Waals surface area contributed by atoms with E-state index in [1.54, 1.807) is 18.2 Å². The number of para-hydroxylation sites is 1. The van der Waals surface area contributed by atoms with Crippen LogP contribution in [0.1, 0.15) is 11.3 Å². The summed E-state index contributed by atoms with van der Waals surface area (Å²) in [6.45, 7) is -0.298. The summed E-state index contributed by atoms with van der Waals surface area (Å²) in [7, 11) is 0. The maximum Gasteiger partial charge on any atom is 0.435 e. The van der Waals surface area contributed by atoms with Crippen LogP contribution in [0.3, 0.4) is 0 Å². The van der Waals surface area contributed by atoms with Gasteiger partial charge in [-0.2, -0.15) is 23.0 Å². The molecule has 0 bridgehead atoms. The second-order valence-corrected chi connectivity index (χ2v) is 8.29. The van der Waals surface area contributed by atoms with Crippen molar-refractivity contribution >= 4 is 29.1 Å². The number of carbonyl (C=O) groups is 1. The number of nitrogens with one attached hydrogen (secondary N) is 1. The minimum Gasteiger partial charge on any atom is -0.467 e. The Morgan fingerprint density at radius 1 is 0.943 bits per heavy atom. The second kappa shape index (κ2) is 10.4. The molecule has 0 aliphatic rings. The number of hydrogen-bond donors (Lipinski definition) is 1. The van der Waals surface area contributed by atoms with Gasteiger partial charge < -0.3 is 10.1 Å². The number of rotatable bonds is 7. The maximum atomic E-state index is 13.2. The number of hydrogen-bond acceptors (Lipinski definition) is 3. The summed E-state index contributed by atoms with van der Waals surface area (Å²) in [6, 6.07) is 21.9. The van der Waals surface area contributed by atoms with Crippen LogP contribution in [0.5, 0.6) is 5.88 Å². The molecule has 0 saturated carbocycles. The Balaban J connectivity index is 1.40. The quantitative estimate of drug-likeness (QED) is 0.300. The van der Waals surface area contributed by atoms with Crippen LogP contribution in [0.25, 0.3) is 16.8 Å². The average molecular weight is 520 g/mol. The Hall–Kier alpha value is -3.49. The molecule has 0 radical (unpaired) electrons. The zero-order valence-corrected chi connectivity index (χ0v) is 19.5. The predicted molar refractivity (Wildman–Crippen MR) is 128 cm³/mol. The van der Waals surface area contributed by atoms with E-state index in [2.05, 4.69) is 10.4 Å². The van der Waals surface area contributed by atoms with Crippen LogP contribution in [0.4, 0.5) is 13.2 Å². The van der Waals surface area contributed by atoms with Crippen molar-refractivity contribution in [1.29, 1.82) is 0 Å². The monoisotopic (exact) mass is 519 g/mol. The van der Waals surface area contributed by atoms with Gasteiger partial charge in [0.15, 0.2) is 12.3 Å². The van der Waals surface area contributed by atoms with Gasteiger partial charge in [-0.3, -0.25) is 4.79 Å². The first-order valence-electron chi connectivity index (χ1n) is 10.4. The van der Waals surface area contributed by atoms with Gasteiger partial charge in [-0.05, 0) is 29.3 Å². The van der Waals surface area contributed by atoms with E-state index >= 15 is 0 Å². The Morgan fingerprint density at radius 3 is 2.26 bits per heavy atom. The number of aromatic nitrogens is 2. The van der Waals surface area contributed by atoms with Gasteiger partial charge in [-0.25, -0.2) is 0 Å². The molecule has 1 aromatic heterocycles. The second-order valence-electron chi connectivity index (χ2n) is 7.47. The van der Waals surface area contributed by atoms with Gasteiger partial charge in [-0.15, -0.1) is 0 Å². The minimum absolute atomic E-state index is 0.180. The van der Waals surface area contributed by atoms with Crippen molar-refractivity contribution in [3.05, 3.63) is 100 Å². The van der Waals surface area contributed by atoms with Crippen LogP contribution < -0.4 is 10.1 Å². The third kappa shape index (κ3) is 5.96. The SMILES string of the molecule is O=C(COc1cc(C(F)(F)F)nn1-c1ccccc1Cl)NCc1ccc(-c2ccccc2Cl)cc1. The molecule has 0 spiro atoms. The fourth-order valence-electron chi connectivity index (χ4n) is 3.29. The lowest BCUT2D eigenvalue weighted by molar-refractivity contribution is -0.141. The van der Waals surface area contributed by atoms with Crippen molar-refractivity contribution in [3.8, 4) is 22.7 Å². The topological polar surface area (TPSA) is 56.1 Å². The normalized spacial score (nSPS) is 11.3. The van der Waals surface area contributed by atoms with Crippen LogP contribution in [0, 0.1) is 0 Å². The molecule has 0 saturated heterocycles. The van der Waals surface area contributed by atoms with Gasteiger partial charge in [0, 0.05) is 23.2 Å². The van der Waals surface area contributed by atoms with Gasteiger partial charge in [0.05, 0.1) is 10.7 Å². The highest BCUT2D eigenvalue weighted by atomic mass is 35.5. The van der Waals surface area contributed by atoms with Crippen molar-refractivity contribution in [1.82, 2.24) is 15.1 Å². The summed E-state index contributed by atoms with van der Waals surface area (Å²) in [5.74, 6) is -0.773. The molecule has 1 N–H and O–H groups in total. The van der Waals surface area contributed by atoms with Gasteiger partial charge in [0.2, 0.25) is 5.88 Å². The minimum atomic E-state index is -4.69. The molecule has 180 valence electrons. The highest BCUT2D eigenvalue weighted by Gasteiger charge is 2.36. The molecule has 4 rings (SSSR count). The number of nitrogens with zero attached hydrogens (tertiary/aromatic N) is 2. The van der Waals surface area contributed by atoms with E-state index in [0.29, 0.717) is 5.02 Å². The molecule has 1 heterocycles. The van der Waals surface area contributed by atoms with Crippen molar-refractivity contribution in [2.45, 2.75) is 12.7 Å². The molecular formula is C25H18Cl2F3N3O2. The number of carbonyl (C=O) groups excluding carboxylic acids is 1. The lowest BCUT2D eigenvalue weighted by Gasteiger charge is -2.11.